The molecule has 8 heteroatoms. The number of nitrogens with zero attached hydrogens (tertiary/aromatic N) is 1. The summed E-state index contributed by atoms with van der Waals surface area (Å²) in [6, 6.07) is -0.529. The SMILES string of the molecule is O=C(O)CC1CCN(C(=O)NC2CCCS(=O)(=O)C2)CC1. The number of aliphatic carboxylic acids is 1. The van der Waals surface area contributed by atoms with Gasteiger partial charge in [0.15, 0.2) is 9.84 Å². The summed E-state index contributed by atoms with van der Waals surface area (Å²) in [6.45, 7) is 1.06. The van der Waals surface area contributed by atoms with Gasteiger partial charge in [0, 0.05) is 25.6 Å². The lowest BCUT2D eigenvalue weighted by atomic mass is 9.94. The Balaban J connectivity index is 1.78. The first kappa shape index (κ1) is 16.1. The van der Waals surface area contributed by atoms with Crippen molar-refractivity contribution in [3.8, 4) is 0 Å². The van der Waals surface area contributed by atoms with Gasteiger partial charge in [0.05, 0.1) is 11.5 Å². The number of likely N-dealkylation sites (tertiary alicyclic amines) is 1. The number of carbonyl (C=O) groups excluding carboxylic acids is 1. The highest BCUT2D eigenvalue weighted by atomic mass is 32.2. The molecule has 0 aromatic heterocycles. The fourth-order valence-corrected chi connectivity index (χ4v) is 4.63. The Morgan fingerprint density at radius 3 is 2.43 bits per heavy atom. The zero-order valence-corrected chi connectivity index (χ0v) is 12.8. The van der Waals surface area contributed by atoms with Crippen LogP contribution in [0.2, 0.25) is 0 Å². The molecule has 2 saturated heterocycles. The molecule has 2 aliphatic rings. The normalized spacial score (nSPS) is 26.3. The molecule has 21 heavy (non-hydrogen) atoms. The standard InChI is InChI=1S/C13H22N2O5S/c16-12(17)8-10-3-5-15(6-4-10)13(18)14-11-2-1-7-21(19,20)9-11/h10-11H,1-9H2,(H,14,18)(H,16,17). The molecular formula is C13H22N2O5S. The Kier molecular flexibility index (Phi) is 5.08. The van der Waals surface area contributed by atoms with Gasteiger partial charge in [-0.05, 0) is 31.6 Å². The van der Waals surface area contributed by atoms with Crippen molar-refractivity contribution >= 4 is 21.8 Å². The van der Waals surface area contributed by atoms with E-state index >= 15 is 0 Å². The third kappa shape index (κ3) is 4.87. The Morgan fingerprint density at radius 1 is 1.19 bits per heavy atom. The van der Waals surface area contributed by atoms with Gasteiger partial charge in [0.25, 0.3) is 0 Å². The van der Waals surface area contributed by atoms with Crippen LogP contribution >= 0.6 is 0 Å². The quantitative estimate of drug-likeness (QED) is 0.787. The lowest BCUT2D eigenvalue weighted by molar-refractivity contribution is -0.138. The molecule has 0 radical (unpaired) electrons. The van der Waals surface area contributed by atoms with Crippen LogP contribution in [0.1, 0.15) is 32.1 Å². The molecule has 120 valence electrons. The van der Waals surface area contributed by atoms with Crippen LogP contribution in [-0.4, -0.2) is 61.1 Å². The summed E-state index contributed by atoms with van der Waals surface area (Å²) < 4.78 is 23.1. The van der Waals surface area contributed by atoms with Gasteiger partial charge < -0.3 is 15.3 Å². The molecule has 0 spiro atoms. The molecule has 1 atom stereocenters. The molecule has 1 unspecified atom stereocenters. The topological polar surface area (TPSA) is 104 Å². The van der Waals surface area contributed by atoms with E-state index in [0.29, 0.717) is 38.8 Å². The van der Waals surface area contributed by atoms with Crippen LogP contribution in [0.5, 0.6) is 0 Å². The van der Waals surface area contributed by atoms with Crippen molar-refractivity contribution in [2.24, 2.45) is 5.92 Å². The first-order chi connectivity index (χ1) is 9.85. The van der Waals surface area contributed by atoms with Gasteiger partial charge in [-0.2, -0.15) is 0 Å². The van der Waals surface area contributed by atoms with Crippen molar-refractivity contribution in [1.29, 1.82) is 0 Å². The average Bonchev–Trinajstić information content (AvgIpc) is 2.37. The molecule has 2 N–H and O–H groups in total. The fourth-order valence-electron chi connectivity index (χ4n) is 2.99. The van der Waals surface area contributed by atoms with E-state index in [1.807, 2.05) is 0 Å². The monoisotopic (exact) mass is 318 g/mol. The molecule has 0 aromatic rings. The van der Waals surface area contributed by atoms with E-state index in [1.54, 1.807) is 4.90 Å². The summed E-state index contributed by atoms with van der Waals surface area (Å²) >= 11 is 0. The molecule has 2 amide bonds. The minimum Gasteiger partial charge on any atom is -0.481 e. The number of carboxylic acid groups (broad SMARTS) is 1. The number of piperidine rings is 1. The highest BCUT2D eigenvalue weighted by Crippen LogP contribution is 2.21. The maximum atomic E-state index is 12.1. The van der Waals surface area contributed by atoms with Crippen molar-refractivity contribution in [2.45, 2.75) is 38.1 Å². The van der Waals surface area contributed by atoms with Crippen molar-refractivity contribution in [2.75, 3.05) is 24.6 Å². The lowest BCUT2D eigenvalue weighted by Gasteiger charge is -2.33. The Labute approximate surface area is 124 Å². The Bertz CT molecular complexity index is 497. The first-order valence-electron chi connectivity index (χ1n) is 7.33. The number of rotatable bonds is 3. The van der Waals surface area contributed by atoms with E-state index in [1.165, 1.54) is 0 Å². The van der Waals surface area contributed by atoms with Crippen LogP contribution in [0.3, 0.4) is 0 Å². The first-order valence-corrected chi connectivity index (χ1v) is 9.15. The molecule has 2 heterocycles. The van der Waals surface area contributed by atoms with Crippen LogP contribution in [0.25, 0.3) is 0 Å². The average molecular weight is 318 g/mol. The maximum Gasteiger partial charge on any atom is 0.317 e. The number of hydrogen-bond donors (Lipinski definition) is 2. The number of carboxylic acids is 1. The molecule has 2 aliphatic heterocycles. The summed E-state index contributed by atoms with van der Waals surface area (Å²) in [7, 11) is -3.03. The van der Waals surface area contributed by atoms with Crippen molar-refractivity contribution in [3.05, 3.63) is 0 Å². The number of carbonyl (C=O) groups is 2. The van der Waals surface area contributed by atoms with Gasteiger partial charge in [0.1, 0.15) is 0 Å². The third-order valence-electron chi connectivity index (χ3n) is 4.16. The molecule has 7 nitrogen and oxygen atoms in total. The second kappa shape index (κ2) is 6.64. The van der Waals surface area contributed by atoms with Crippen molar-refractivity contribution < 1.29 is 23.1 Å². The molecule has 2 fully saturated rings. The summed E-state index contributed by atoms with van der Waals surface area (Å²) in [6.07, 6.45) is 2.80. The zero-order chi connectivity index (χ0) is 15.5. The van der Waals surface area contributed by atoms with Crippen LogP contribution in [0.4, 0.5) is 4.79 Å². The predicted molar refractivity (Wildman–Crippen MR) is 76.8 cm³/mol. The van der Waals surface area contributed by atoms with E-state index < -0.39 is 15.8 Å². The third-order valence-corrected chi connectivity index (χ3v) is 5.98. The van der Waals surface area contributed by atoms with Crippen molar-refractivity contribution in [1.82, 2.24) is 10.2 Å². The van der Waals surface area contributed by atoms with Crippen LogP contribution in [0.15, 0.2) is 0 Å². The minimum atomic E-state index is -3.03. The number of nitrogens with one attached hydrogen (secondary N) is 1. The van der Waals surface area contributed by atoms with Gasteiger partial charge in [-0.3, -0.25) is 4.79 Å². The minimum absolute atomic E-state index is 0.0220. The van der Waals surface area contributed by atoms with E-state index in [2.05, 4.69) is 5.32 Å². The smallest absolute Gasteiger partial charge is 0.317 e. The molecule has 0 aliphatic carbocycles. The van der Waals surface area contributed by atoms with Gasteiger partial charge in [0.2, 0.25) is 0 Å². The van der Waals surface area contributed by atoms with E-state index in [-0.39, 0.29) is 35.9 Å². The van der Waals surface area contributed by atoms with E-state index in [4.69, 9.17) is 5.11 Å². The van der Waals surface area contributed by atoms with Gasteiger partial charge in [-0.15, -0.1) is 0 Å². The van der Waals surface area contributed by atoms with Gasteiger partial charge >= 0.3 is 12.0 Å². The van der Waals surface area contributed by atoms with E-state index in [0.717, 1.165) is 0 Å². The Hall–Kier alpha value is -1.31. The molecule has 0 aromatic carbocycles. The van der Waals surface area contributed by atoms with Gasteiger partial charge in [-0.25, -0.2) is 13.2 Å². The fraction of sp³-hybridized carbons (Fsp3) is 0.846. The summed E-state index contributed by atoms with van der Waals surface area (Å²) in [5.41, 5.74) is 0. The molecule has 0 saturated carbocycles. The highest BCUT2D eigenvalue weighted by Gasteiger charge is 2.29. The number of amides is 2. The number of sulfone groups is 1. The van der Waals surface area contributed by atoms with Gasteiger partial charge in [-0.1, -0.05) is 0 Å². The van der Waals surface area contributed by atoms with E-state index in [9.17, 15) is 18.0 Å². The lowest BCUT2D eigenvalue weighted by Crippen LogP contribution is -2.51. The highest BCUT2D eigenvalue weighted by molar-refractivity contribution is 7.91. The maximum absolute atomic E-state index is 12.1. The summed E-state index contributed by atoms with van der Waals surface area (Å²) in [5.74, 6) is -0.444. The predicted octanol–water partition coefficient (Wildman–Crippen LogP) is 0.460. The summed E-state index contributed by atoms with van der Waals surface area (Å²) in [4.78, 5) is 24.4. The largest absolute Gasteiger partial charge is 0.481 e. The van der Waals surface area contributed by atoms with Crippen LogP contribution in [-0.2, 0) is 14.6 Å². The molecular weight excluding hydrogens is 296 g/mol. The second-order valence-electron chi connectivity index (χ2n) is 5.93. The van der Waals surface area contributed by atoms with Crippen molar-refractivity contribution in [3.63, 3.8) is 0 Å². The number of hydrogen-bond acceptors (Lipinski definition) is 4. The zero-order valence-electron chi connectivity index (χ0n) is 12.0. The molecule has 0 bridgehead atoms. The summed E-state index contributed by atoms with van der Waals surface area (Å²) in [5, 5.41) is 11.5. The van der Waals surface area contributed by atoms with Crippen LogP contribution in [0, 0.1) is 5.92 Å². The molecule has 2 rings (SSSR count). The Morgan fingerprint density at radius 2 is 1.86 bits per heavy atom. The van der Waals surface area contributed by atoms with Crippen LogP contribution < -0.4 is 5.32 Å². The number of urea groups is 1. The second-order valence-corrected chi connectivity index (χ2v) is 8.16.